The monoisotopic (exact) mass is 340 g/mol. The summed E-state index contributed by atoms with van der Waals surface area (Å²) >= 11 is 0. The number of hydrazone groups is 1. The van der Waals surface area contributed by atoms with Gasteiger partial charge in [-0.05, 0) is 6.07 Å². The fraction of sp³-hybridized carbons (Fsp3) is 0.333. The Morgan fingerprint density at radius 1 is 1.50 bits per heavy atom. The minimum atomic E-state index is -0.849. The summed E-state index contributed by atoms with van der Waals surface area (Å²) in [5.41, 5.74) is 0. The molecule has 0 radical (unpaired) electrons. The van der Waals surface area contributed by atoms with Crippen molar-refractivity contribution in [2.45, 2.75) is 0 Å². The van der Waals surface area contributed by atoms with Gasteiger partial charge in [0, 0.05) is 0 Å². The van der Waals surface area contributed by atoms with E-state index in [9.17, 15) is 24.5 Å². The largest absolute Gasteiger partial charge is 0.462 e. The van der Waals surface area contributed by atoms with Crippen LogP contribution in [0.5, 0.6) is 0 Å². The van der Waals surface area contributed by atoms with Gasteiger partial charge in [-0.2, -0.15) is 5.10 Å². The maximum Gasteiger partial charge on any atom is 0.433 e. The number of nitro groups is 1. The van der Waals surface area contributed by atoms with Crippen molar-refractivity contribution in [2.24, 2.45) is 5.10 Å². The van der Waals surface area contributed by atoms with Gasteiger partial charge in [0.2, 0.25) is 0 Å². The summed E-state index contributed by atoms with van der Waals surface area (Å²) in [4.78, 5) is 45.5. The van der Waals surface area contributed by atoms with Crippen LogP contribution in [0.15, 0.2) is 21.7 Å². The molecule has 1 fully saturated rings. The Morgan fingerprint density at radius 3 is 2.88 bits per heavy atom. The minimum Gasteiger partial charge on any atom is -0.462 e. The molecule has 1 aliphatic heterocycles. The van der Waals surface area contributed by atoms with Crippen LogP contribution < -0.4 is 0 Å². The van der Waals surface area contributed by atoms with E-state index in [-0.39, 0.29) is 19.0 Å². The van der Waals surface area contributed by atoms with Crippen LogP contribution in [0.1, 0.15) is 5.76 Å². The van der Waals surface area contributed by atoms with Crippen molar-refractivity contribution < 1.29 is 33.6 Å². The lowest BCUT2D eigenvalue weighted by Gasteiger charge is -2.12. The van der Waals surface area contributed by atoms with Gasteiger partial charge in [-0.25, -0.2) is 14.7 Å². The molecule has 0 bridgehead atoms. The molecule has 0 spiro atoms. The van der Waals surface area contributed by atoms with Gasteiger partial charge in [0.15, 0.2) is 5.76 Å². The number of hydrogen-bond acceptors (Lipinski definition) is 9. The lowest BCUT2D eigenvalue weighted by atomic mass is 10.5. The Balaban J connectivity index is 1.98. The lowest BCUT2D eigenvalue weighted by molar-refractivity contribution is -0.402. The first-order chi connectivity index (χ1) is 11.4. The summed E-state index contributed by atoms with van der Waals surface area (Å²) < 4.78 is 9.39. The third-order valence-corrected chi connectivity index (χ3v) is 2.80. The third kappa shape index (κ3) is 3.92. The zero-order valence-electron chi connectivity index (χ0n) is 12.2. The molecule has 0 atom stereocenters. The van der Waals surface area contributed by atoms with Gasteiger partial charge in [0.05, 0.1) is 18.9 Å². The zero-order valence-corrected chi connectivity index (χ0v) is 12.2. The summed E-state index contributed by atoms with van der Waals surface area (Å²) in [6.07, 6.45) is 1.03. The number of carbonyl (C=O) groups is 3. The van der Waals surface area contributed by atoms with Crippen molar-refractivity contribution in [2.75, 3.05) is 26.3 Å². The van der Waals surface area contributed by atoms with Gasteiger partial charge < -0.3 is 14.3 Å². The van der Waals surface area contributed by atoms with Crippen LogP contribution in [-0.4, -0.2) is 70.4 Å². The SMILES string of the molecule is O=C(CN1C(=O)CN(N=Cc2ccc([N+](=O)[O-])o2)C1=O)OCCO. The molecule has 0 aliphatic carbocycles. The number of aliphatic hydroxyl groups excluding tert-OH is 1. The smallest absolute Gasteiger partial charge is 0.433 e. The second kappa shape index (κ2) is 7.32. The third-order valence-electron chi connectivity index (χ3n) is 2.80. The van der Waals surface area contributed by atoms with Crippen LogP contribution in [0, 0.1) is 10.1 Å². The van der Waals surface area contributed by atoms with Crippen LogP contribution >= 0.6 is 0 Å². The van der Waals surface area contributed by atoms with Crippen molar-refractivity contribution in [1.82, 2.24) is 9.91 Å². The number of amides is 3. The van der Waals surface area contributed by atoms with E-state index in [1.807, 2.05) is 0 Å². The number of urea groups is 1. The standard InChI is InChI=1S/C12H12N4O8/c17-3-4-23-11(19)7-14-9(18)6-15(12(14)20)13-5-8-1-2-10(24-8)16(21)22/h1-2,5,17H,3-4,6-7H2. The lowest BCUT2D eigenvalue weighted by Crippen LogP contribution is -2.37. The molecule has 0 aromatic carbocycles. The number of rotatable bonds is 7. The van der Waals surface area contributed by atoms with Crippen LogP contribution in [0.3, 0.4) is 0 Å². The van der Waals surface area contributed by atoms with Crippen molar-refractivity contribution in [1.29, 1.82) is 0 Å². The molecule has 1 aromatic heterocycles. The molecule has 1 saturated heterocycles. The number of imide groups is 1. The molecule has 12 heteroatoms. The minimum absolute atomic E-state index is 0.0164. The molecule has 12 nitrogen and oxygen atoms in total. The molecule has 2 heterocycles. The molecular weight excluding hydrogens is 328 g/mol. The molecular formula is C12H12N4O8. The van der Waals surface area contributed by atoms with Gasteiger partial charge >= 0.3 is 17.9 Å². The number of carbonyl (C=O) groups excluding carboxylic acids is 3. The Labute approximate surface area is 134 Å². The van der Waals surface area contributed by atoms with Gasteiger partial charge in [-0.1, -0.05) is 0 Å². The normalized spacial score (nSPS) is 14.7. The summed E-state index contributed by atoms with van der Waals surface area (Å²) in [6, 6.07) is 1.54. The predicted octanol–water partition coefficient (Wildman–Crippen LogP) is -0.679. The van der Waals surface area contributed by atoms with E-state index in [1.54, 1.807) is 0 Å². The summed E-state index contributed by atoms with van der Waals surface area (Å²) in [7, 11) is 0. The highest BCUT2D eigenvalue weighted by molar-refractivity contribution is 6.04. The first kappa shape index (κ1) is 17.1. The molecule has 2 rings (SSSR count). The van der Waals surface area contributed by atoms with Gasteiger partial charge in [-0.15, -0.1) is 0 Å². The Hall–Kier alpha value is -3.28. The van der Waals surface area contributed by atoms with Crippen molar-refractivity contribution >= 4 is 30.0 Å². The molecule has 1 aromatic rings. The number of ether oxygens (including phenoxy) is 1. The molecule has 3 amide bonds. The molecule has 0 unspecified atom stereocenters. The quantitative estimate of drug-likeness (QED) is 0.225. The summed E-state index contributed by atoms with van der Waals surface area (Å²) in [5.74, 6) is -1.99. The number of aliphatic hydroxyl groups is 1. The van der Waals surface area contributed by atoms with Crippen LogP contribution in [0.25, 0.3) is 0 Å². The second-order valence-electron chi connectivity index (χ2n) is 4.44. The average molecular weight is 340 g/mol. The van der Waals surface area contributed by atoms with E-state index in [0.717, 1.165) is 17.3 Å². The zero-order chi connectivity index (χ0) is 17.7. The highest BCUT2D eigenvalue weighted by atomic mass is 16.6. The van der Waals surface area contributed by atoms with Gasteiger partial charge in [0.1, 0.15) is 24.6 Å². The summed E-state index contributed by atoms with van der Waals surface area (Å²) in [6.45, 7) is -1.62. The fourth-order valence-corrected chi connectivity index (χ4v) is 1.74. The predicted molar refractivity (Wildman–Crippen MR) is 74.8 cm³/mol. The molecule has 0 saturated carbocycles. The first-order valence-corrected chi connectivity index (χ1v) is 6.59. The van der Waals surface area contributed by atoms with E-state index in [0.29, 0.717) is 4.90 Å². The molecule has 1 aliphatic rings. The Bertz CT molecular complexity index is 697. The van der Waals surface area contributed by atoms with Gasteiger partial charge in [0.25, 0.3) is 5.91 Å². The van der Waals surface area contributed by atoms with Crippen molar-refractivity contribution in [3.05, 3.63) is 28.0 Å². The van der Waals surface area contributed by atoms with E-state index < -0.39 is 41.8 Å². The number of nitrogens with zero attached hydrogens (tertiary/aromatic N) is 4. The maximum atomic E-state index is 12.0. The van der Waals surface area contributed by atoms with Gasteiger partial charge in [-0.3, -0.25) is 19.7 Å². The van der Waals surface area contributed by atoms with Crippen LogP contribution in [-0.2, 0) is 14.3 Å². The molecule has 24 heavy (non-hydrogen) atoms. The Morgan fingerprint density at radius 2 is 2.25 bits per heavy atom. The summed E-state index contributed by atoms with van der Waals surface area (Å²) in [5, 5.41) is 23.5. The van der Waals surface area contributed by atoms with E-state index >= 15 is 0 Å². The maximum absolute atomic E-state index is 12.0. The highest BCUT2D eigenvalue weighted by Crippen LogP contribution is 2.15. The van der Waals surface area contributed by atoms with E-state index in [1.165, 1.54) is 6.07 Å². The van der Waals surface area contributed by atoms with Crippen LogP contribution in [0.4, 0.5) is 10.7 Å². The number of furan rings is 1. The highest BCUT2D eigenvalue weighted by Gasteiger charge is 2.37. The van der Waals surface area contributed by atoms with Crippen LogP contribution in [0.2, 0.25) is 0 Å². The molecule has 1 N–H and O–H groups in total. The number of hydrogen-bond donors (Lipinski definition) is 1. The Kier molecular flexibility index (Phi) is 5.21. The first-order valence-electron chi connectivity index (χ1n) is 6.59. The molecule has 128 valence electrons. The topological polar surface area (TPSA) is 156 Å². The average Bonchev–Trinajstić information content (AvgIpc) is 3.11. The van der Waals surface area contributed by atoms with E-state index in [2.05, 4.69) is 9.84 Å². The van der Waals surface area contributed by atoms with E-state index in [4.69, 9.17) is 9.52 Å². The second-order valence-corrected chi connectivity index (χ2v) is 4.44. The number of esters is 1. The fourth-order valence-electron chi connectivity index (χ4n) is 1.74. The van der Waals surface area contributed by atoms with Crippen molar-refractivity contribution in [3.8, 4) is 0 Å². The van der Waals surface area contributed by atoms with Crippen molar-refractivity contribution in [3.63, 3.8) is 0 Å².